The number of carbonyl (C=O) groups excluding carboxylic acids is 1. The fourth-order valence-electron chi connectivity index (χ4n) is 1.94. The Hall–Kier alpha value is -0.740. The van der Waals surface area contributed by atoms with Crippen LogP contribution in [0.1, 0.15) is 17.4 Å². The van der Waals surface area contributed by atoms with Crippen LogP contribution in [0.15, 0.2) is 9.72 Å². The molecule has 1 fully saturated rings. The summed E-state index contributed by atoms with van der Waals surface area (Å²) in [5.74, 6) is -0.734. The molecule has 20 heavy (non-hydrogen) atoms. The van der Waals surface area contributed by atoms with Crippen LogP contribution in [0.2, 0.25) is 0 Å². The van der Waals surface area contributed by atoms with Crippen molar-refractivity contribution in [2.24, 2.45) is 0 Å². The predicted octanol–water partition coefficient (Wildman–Crippen LogP) is 0.334. The highest BCUT2D eigenvalue weighted by Gasteiger charge is 2.35. The molecule has 10 heteroatoms. The van der Waals surface area contributed by atoms with Crippen LogP contribution < -0.4 is 5.32 Å². The Labute approximate surface area is 127 Å². The van der Waals surface area contributed by atoms with Gasteiger partial charge in [-0.15, -0.1) is 23.7 Å². The summed E-state index contributed by atoms with van der Waals surface area (Å²) in [6.07, 6.45) is 0. The third-order valence-electron chi connectivity index (χ3n) is 2.90. The minimum atomic E-state index is -3.71. The van der Waals surface area contributed by atoms with Crippen LogP contribution in [-0.4, -0.2) is 56.5 Å². The zero-order valence-electron chi connectivity index (χ0n) is 11.0. The van der Waals surface area contributed by atoms with Crippen molar-refractivity contribution in [1.29, 1.82) is 0 Å². The number of methoxy groups -OCH3 is 1. The van der Waals surface area contributed by atoms with Crippen LogP contribution in [0, 0.1) is 0 Å². The first-order valence-electron chi connectivity index (χ1n) is 5.73. The molecule has 0 amide bonds. The van der Waals surface area contributed by atoms with Gasteiger partial charge in [0.05, 0.1) is 12.6 Å². The molecule has 114 valence electrons. The van der Waals surface area contributed by atoms with Crippen molar-refractivity contribution in [1.82, 2.24) is 14.6 Å². The first-order chi connectivity index (χ1) is 8.98. The van der Waals surface area contributed by atoms with Crippen molar-refractivity contribution in [2.45, 2.75) is 17.2 Å². The summed E-state index contributed by atoms with van der Waals surface area (Å²) in [4.78, 5) is 15.3. The Kier molecular flexibility index (Phi) is 5.90. The van der Waals surface area contributed by atoms with Gasteiger partial charge in [0.15, 0.2) is 9.90 Å². The first kappa shape index (κ1) is 17.3. The molecule has 1 aromatic rings. The van der Waals surface area contributed by atoms with Gasteiger partial charge in [0.2, 0.25) is 0 Å². The molecule has 0 radical (unpaired) electrons. The number of halogens is 1. The van der Waals surface area contributed by atoms with Crippen LogP contribution in [0.5, 0.6) is 0 Å². The second kappa shape index (κ2) is 6.81. The van der Waals surface area contributed by atoms with Gasteiger partial charge in [0.1, 0.15) is 0 Å². The number of nitrogens with zero attached hydrogens (tertiary/aromatic N) is 2. The van der Waals surface area contributed by atoms with E-state index in [1.807, 2.05) is 6.92 Å². The topological polar surface area (TPSA) is 88.6 Å². The van der Waals surface area contributed by atoms with Gasteiger partial charge in [0, 0.05) is 25.7 Å². The summed E-state index contributed by atoms with van der Waals surface area (Å²) < 4.78 is 31.0. The highest BCUT2D eigenvalue weighted by molar-refractivity contribution is 7.91. The number of carbonyl (C=O) groups is 1. The van der Waals surface area contributed by atoms with E-state index in [1.54, 1.807) is 0 Å². The Balaban J connectivity index is 0.00000200. The van der Waals surface area contributed by atoms with Gasteiger partial charge in [-0.3, -0.25) is 0 Å². The lowest BCUT2D eigenvalue weighted by Crippen LogP contribution is -2.52. The summed E-state index contributed by atoms with van der Waals surface area (Å²) in [6.45, 7) is 3.38. The van der Waals surface area contributed by atoms with Crippen molar-refractivity contribution in [2.75, 3.05) is 26.7 Å². The van der Waals surface area contributed by atoms with Gasteiger partial charge < -0.3 is 10.1 Å². The molecular weight excluding hydrogens is 326 g/mol. The molecule has 1 saturated heterocycles. The lowest BCUT2D eigenvalue weighted by molar-refractivity contribution is 0.0590. The molecule has 2 rings (SSSR count). The van der Waals surface area contributed by atoms with Crippen LogP contribution in [0.4, 0.5) is 0 Å². The monoisotopic (exact) mass is 341 g/mol. The SMILES string of the molecule is COC(=O)c1ncsc1S(=O)(=O)N1CCNC[C@@H]1C.Cl. The molecule has 0 saturated carbocycles. The summed E-state index contributed by atoms with van der Waals surface area (Å²) in [5, 5.41) is 3.12. The van der Waals surface area contributed by atoms with E-state index in [2.05, 4.69) is 15.0 Å². The first-order valence-corrected chi connectivity index (χ1v) is 8.05. The Bertz CT molecular complexity index is 575. The van der Waals surface area contributed by atoms with E-state index < -0.39 is 16.0 Å². The van der Waals surface area contributed by atoms with E-state index in [0.29, 0.717) is 19.6 Å². The van der Waals surface area contributed by atoms with Crippen LogP contribution >= 0.6 is 23.7 Å². The highest BCUT2D eigenvalue weighted by atomic mass is 35.5. The summed E-state index contributed by atoms with van der Waals surface area (Å²) in [5.41, 5.74) is 1.20. The fraction of sp³-hybridized carbons (Fsp3) is 0.600. The number of ether oxygens (including phenoxy) is 1. The van der Waals surface area contributed by atoms with Gasteiger partial charge in [-0.1, -0.05) is 0 Å². The van der Waals surface area contributed by atoms with Gasteiger partial charge in [0.25, 0.3) is 10.0 Å². The molecule has 1 N–H and O–H groups in total. The van der Waals surface area contributed by atoms with Crippen molar-refractivity contribution in [3.05, 3.63) is 11.2 Å². The maximum Gasteiger partial charge on any atom is 0.358 e. The third-order valence-corrected chi connectivity index (χ3v) is 6.26. The maximum atomic E-state index is 12.6. The molecule has 7 nitrogen and oxygen atoms in total. The zero-order valence-corrected chi connectivity index (χ0v) is 13.5. The van der Waals surface area contributed by atoms with Gasteiger partial charge in [-0.05, 0) is 6.92 Å². The molecule has 1 atom stereocenters. The lowest BCUT2D eigenvalue weighted by atomic mass is 10.3. The van der Waals surface area contributed by atoms with Gasteiger partial charge in [-0.2, -0.15) is 4.31 Å². The van der Waals surface area contributed by atoms with Crippen LogP contribution in [-0.2, 0) is 14.8 Å². The second-order valence-corrected chi connectivity index (χ2v) is 7.09. The number of hydrogen-bond acceptors (Lipinski definition) is 7. The van der Waals surface area contributed by atoms with Gasteiger partial charge >= 0.3 is 5.97 Å². The molecule has 0 spiro atoms. The zero-order chi connectivity index (χ0) is 14.0. The lowest BCUT2D eigenvalue weighted by Gasteiger charge is -2.32. The van der Waals surface area contributed by atoms with Crippen molar-refractivity contribution >= 4 is 39.7 Å². The summed E-state index contributed by atoms with van der Waals surface area (Å²) in [6, 6.07) is -0.161. The third kappa shape index (κ3) is 3.12. The average molecular weight is 342 g/mol. The van der Waals surface area contributed by atoms with E-state index in [1.165, 1.54) is 16.9 Å². The quantitative estimate of drug-likeness (QED) is 0.797. The molecule has 0 unspecified atom stereocenters. The number of nitrogens with one attached hydrogen (secondary N) is 1. The largest absolute Gasteiger partial charge is 0.464 e. The molecule has 1 aliphatic rings. The average Bonchev–Trinajstić information content (AvgIpc) is 2.88. The van der Waals surface area contributed by atoms with Crippen LogP contribution in [0.25, 0.3) is 0 Å². The van der Waals surface area contributed by atoms with Crippen molar-refractivity contribution < 1.29 is 17.9 Å². The fourth-order valence-corrected chi connectivity index (χ4v) is 4.81. The van der Waals surface area contributed by atoms with Crippen molar-refractivity contribution in [3.8, 4) is 0 Å². The Morgan fingerprint density at radius 3 is 2.90 bits per heavy atom. The number of hydrogen-bond donors (Lipinski definition) is 1. The highest BCUT2D eigenvalue weighted by Crippen LogP contribution is 2.26. The molecule has 2 heterocycles. The molecule has 1 aromatic heterocycles. The van der Waals surface area contributed by atoms with E-state index in [0.717, 1.165) is 11.3 Å². The number of rotatable bonds is 3. The molecule has 0 aromatic carbocycles. The van der Waals surface area contributed by atoms with E-state index >= 15 is 0 Å². The smallest absolute Gasteiger partial charge is 0.358 e. The van der Waals surface area contributed by atoms with Crippen molar-refractivity contribution in [3.63, 3.8) is 0 Å². The van der Waals surface area contributed by atoms with Gasteiger partial charge in [-0.25, -0.2) is 18.2 Å². The molecule has 1 aliphatic heterocycles. The molecular formula is C10H16ClN3O4S2. The Morgan fingerprint density at radius 2 is 2.30 bits per heavy atom. The van der Waals surface area contributed by atoms with E-state index in [9.17, 15) is 13.2 Å². The number of thiazole rings is 1. The number of sulfonamides is 1. The standard InChI is InChI=1S/C10H15N3O4S2.ClH/c1-7-5-11-3-4-13(7)19(15,16)10-8(9(14)17-2)12-6-18-10;/h6-7,11H,3-5H2,1-2H3;1H/t7-;/m0./s1. The van der Waals surface area contributed by atoms with E-state index in [-0.39, 0.29) is 28.4 Å². The minimum Gasteiger partial charge on any atom is -0.464 e. The molecule has 0 aliphatic carbocycles. The summed E-state index contributed by atoms with van der Waals surface area (Å²) in [7, 11) is -2.51. The number of esters is 1. The maximum absolute atomic E-state index is 12.6. The second-order valence-electron chi connectivity index (χ2n) is 4.15. The number of piperazine rings is 1. The number of aromatic nitrogens is 1. The predicted molar refractivity (Wildman–Crippen MR) is 76.9 cm³/mol. The minimum absolute atomic E-state index is 0. The van der Waals surface area contributed by atoms with Crippen LogP contribution in [0.3, 0.4) is 0 Å². The molecule has 0 bridgehead atoms. The Morgan fingerprint density at radius 1 is 1.60 bits per heavy atom. The summed E-state index contributed by atoms with van der Waals surface area (Å²) >= 11 is 0.934. The van der Waals surface area contributed by atoms with E-state index in [4.69, 9.17) is 0 Å². The normalized spacial score (nSPS) is 20.2.